The van der Waals surface area contributed by atoms with Crippen LogP contribution in [-0.2, 0) is 0 Å². The number of aromatic nitrogens is 2. The number of hydrogen-bond donors (Lipinski definition) is 1. The van der Waals surface area contributed by atoms with E-state index in [9.17, 15) is 5.11 Å². The van der Waals surface area contributed by atoms with Crippen LogP contribution in [0.4, 0.5) is 0 Å². The zero-order chi connectivity index (χ0) is 16.8. The first-order valence-electron chi connectivity index (χ1n) is 8.17. The van der Waals surface area contributed by atoms with E-state index in [2.05, 4.69) is 17.1 Å². The largest absolute Gasteiger partial charge is 0.507 e. The molecule has 2 heterocycles. The number of rotatable bonds is 1. The quantitative estimate of drug-likeness (QED) is 0.425. The van der Waals surface area contributed by atoms with E-state index < -0.39 is 0 Å². The molecule has 0 aliphatic heterocycles. The van der Waals surface area contributed by atoms with Crippen molar-refractivity contribution in [2.24, 2.45) is 0 Å². The number of phenols is 1. The minimum Gasteiger partial charge on any atom is -0.507 e. The Bertz CT molecular complexity index is 1260. The molecule has 0 saturated carbocycles. The Labute approximate surface area is 144 Å². The Balaban J connectivity index is 1.88. The van der Waals surface area contributed by atoms with Gasteiger partial charge in [0.05, 0.1) is 16.7 Å². The van der Waals surface area contributed by atoms with Gasteiger partial charge in [0.15, 0.2) is 0 Å². The smallest absolute Gasteiger partial charge is 0.125 e. The van der Waals surface area contributed by atoms with E-state index >= 15 is 0 Å². The first-order valence-corrected chi connectivity index (χ1v) is 8.17. The summed E-state index contributed by atoms with van der Waals surface area (Å²) in [5.74, 6) is 0.235. The van der Waals surface area contributed by atoms with E-state index in [0.717, 1.165) is 43.8 Å². The first-order chi connectivity index (χ1) is 12.3. The van der Waals surface area contributed by atoms with Gasteiger partial charge in [0, 0.05) is 22.5 Å². The summed E-state index contributed by atoms with van der Waals surface area (Å²) in [6.45, 7) is 0. The average molecular weight is 322 g/mol. The molecular weight excluding hydrogens is 308 g/mol. The normalized spacial score (nSPS) is 11.4. The van der Waals surface area contributed by atoms with Crippen LogP contribution in [0.3, 0.4) is 0 Å². The average Bonchev–Trinajstić information content (AvgIpc) is 2.67. The van der Waals surface area contributed by atoms with Crippen molar-refractivity contribution in [3.05, 3.63) is 79.0 Å². The second kappa shape index (κ2) is 5.28. The number of phenolic OH excluding ortho intramolecular Hbond substituents is 1. The van der Waals surface area contributed by atoms with Crippen LogP contribution in [0.15, 0.2) is 79.0 Å². The van der Waals surface area contributed by atoms with Gasteiger partial charge < -0.3 is 5.11 Å². The second-order valence-electron chi connectivity index (χ2n) is 6.09. The predicted molar refractivity (Wildman–Crippen MR) is 102 cm³/mol. The van der Waals surface area contributed by atoms with Crippen molar-refractivity contribution in [3.8, 4) is 17.0 Å². The van der Waals surface area contributed by atoms with E-state index in [-0.39, 0.29) is 5.75 Å². The van der Waals surface area contributed by atoms with Gasteiger partial charge in [-0.1, -0.05) is 54.6 Å². The molecule has 0 atom stereocenters. The molecular formula is C22H14N2O. The maximum atomic E-state index is 10.5. The third-order valence-electron chi connectivity index (χ3n) is 4.60. The van der Waals surface area contributed by atoms with Gasteiger partial charge in [-0.05, 0) is 29.0 Å². The van der Waals surface area contributed by atoms with Crippen molar-refractivity contribution < 1.29 is 5.11 Å². The fourth-order valence-electron chi connectivity index (χ4n) is 3.39. The summed E-state index contributed by atoms with van der Waals surface area (Å²) >= 11 is 0. The molecule has 0 amide bonds. The number of fused-ring (bicyclic) bond motifs is 4. The topological polar surface area (TPSA) is 46.0 Å². The maximum absolute atomic E-state index is 10.5. The van der Waals surface area contributed by atoms with Gasteiger partial charge in [0.25, 0.3) is 0 Å². The standard InChI is InChI=1S/C22H14N2O/c25-19-12-10-14-4-1-2-6-17(14)20(19)18-11-9-16-8-7-15-5-3-13-23-21(15)22(16)24-18/h1-13,25H. The summed E-state index contributed by atoms with van der Waals surface area (Å²) in [5, 5.41) is 14.7. The van der Waals surface area contributed by atoms with Crippen molar-refractivity contribution >= 4 is 32.6 Å². The molecule has 1 N–H and O–H groups in total. The van der Waals surface area contributed by atoms with Crippen molar-refractivity contribution in [2.75, 3.05) is 0 Å². The van der Waals surface area contributed by atoms with Crippen molar-refractivity contribution in [2.45, 2.75) is 0 Å². The highest BCUT2D eigenvalue weighted by Crippen LogP contribution is 2.36. The fourth-order valence-corrected chi connectivity index (χ4v) is 3.39. The van der Waals surface area contributed by atoms with Gasteiger partial charge in [-0.25, -0.2) is 4.98 Å². The van der Waals surface area contributed by atoms with Crippen LogP contribution in [0.2, 0.25) is 0 Å². The summed E-state index contributed by atoms with van der Waals surface area (Å²) < 4.78 is 0. The molecule has 3 aromatic carbocycles. The maximum Gasteiger partial charge on any atom is 0.125 e. The Hall–Kier alpha value is -3.46. The summed E-state index contributed by atoms with van der Waals surface area (Å²) in [4.78, 5) is 9.37. The van der Waals surface area contributed by atoms with Crippen LogP contribution in [0.1, 0.15) is 0 Å². The zero-order valence-corrected chi connectivity index (χ0v) is 13.3. The molecule has 5 rings (SSSR count). The van der Waals surface area contributed by atoms with E-state index in [4.69, 9.17) is 4.98 Å². The summed E-state index contributed by atoms with van der Waals surface area (Å²) in [6.07, 6.45) is 1.78. The van der Waals surface area contributed by atoms with Crippen molar-refractivity contribution in [1.82, 2.24) is 9.97 Å². The number of benzene rings is 3. The van der Waals surface area contributed by atoms with E-state index in [1.54, 1.807) is 12.3 Å². The van der Waals surface area contributed by atoms with Gasteiger partial charge >= 0.3 is 0 Å². The third kappa shape index (κ3) is 2.13. The van der Waals surface area contributed by atoms with Crippen LogP contribution in [0, 0.1) is 0 Å². The number of pyridine rings is 2. The highest BCUT2D eigenvalue weighted by molar-refractivity contribution is 6.05. The van der Waals surface area contributed by atoms with Gasteiger partial charge in [-0.15, -0.1) is 0 Å². The van der Waals surface area contributed by atoms with Crippen LogP contribution in [-0.4, -0.2) is 15.1 Å². The van der Waals surface area contributed by atoms with Crippen molar-refractivity contribution in [3.63, 3.8) is 0 Å². The molecule has 0 saturated heterocycles. The molecule has 3 nitrogen and oxygen atoms in total. The van der Waals surface area contributed by atoms with Gasteiger partial charge in [-0.2, -0.15) is 0 Å². The first kappa shape index (κ1) is 13.9. The molecule has 0 spiro atoms. The molecule has 0 bridgehead atoms. The van der Waals surface area contributed by atoms with Gasteiger partial charge in [-0.3, -0.25) is 4.98 Å². The zero-order valence-electron chi connectivity index (χ0n) is 13.3. The summed E-state index contributed by atoms with van der Waals surface area (Å²) in [7, 11) is 0. The molecule has 5 aromatic rings. The van der Waals surface area contributed by atoms with Crippen molar-refractivity contribution in [1.29, 1.82) is 0 Å². The lowest BCUT2D eigenvalue weighted by Crippen LogP contribution is -1.90. The highest BCUT2D eigenvalue weighted by atomic mass is 16.3. The van der Waals surface area contributed by atoms with Crippen LogP contribution >= 0.6 is 0 Å². The number of aromatic hydroxyl groups is 1. The molecule has 118 valence electrons. The number of hydrogen-bond acceptors (Lipinski definition) is 3. The summed E-state index contributed by atoms with van der Waals surface area (Å²) in [5.41, 5.74) is 3.23. The van der Waals surface area contributed by atoms with E-state index in [1.165, 1.54) is 0 Å². The van der Waals surface area contributed by atoms with Crippen LogP contribution in [0.25, 0.3) is 43.8 Å². The molecule has 0 radical (unpaired) electrons. The Morgan fingerprint density at radius 3 is 2.28 bits per heavy atom. The summed E-state index contributed by atoms with van der Waals surface area (Å²) in [6, 6.07) is 23.7. The van der Waals surface area contributed by atoms with Gasteiger partial charge in [0.1, 0.15) is 5.75 Å². The molecule has 0 fully saturated rings. The SMILES string of the molecule is Oc1ccc2ccccc2c1-c1ccc2ccc3cccnc3c2n1. The second-order valence-corrected chi connectivity index (χ2v) is 6.09. The molecule has 3 heteroatoms. The van der Waals surface area contributed by atoms with Crippen LogP contribution < -0.4 is 0 Å². The molecule has 0 unspecified atom stereocenters. The molecule has 0 aliphatic carbocycles. The molecule has 0 aliphatic rings. The Morgan fingerprint density at radius 2 is 1.36 bits per heavy atom. The van der Waals surface area contributed by atoms with E-state index in [1.807, 2.05) is 54.6 Å². The lowest BCUT2D eigenvalue weighted by molar-refractivity contribution is 0.478. The lowest BCUT2D eigenvalue weighted by Gasteiger charge is -2.10. The molecule has 25 heavy (non-hydrogen) atoms. The Morgan fingerprint density at radius 1 is 0.640 bits per heavy atom. The minimum absolute atomic E-state index is 0.235. The van der Waals surface area contributed by atoms with E-state index in [0.29, 0.717) is 0 Å². The highest BCUT2D eigenvalue weighted by Gasteiger charge is 2.12. The number of nitrogens with zero attached hydrogens (tertiary/aromatic N) is 2. The van der Waals surface area contributed by atoms with Crippen LogP contribution in [0.5, 0.6) is 5.75 Å². The Kier molecular flexibility index (Phi) is 2.94. The van der Waals surface area contributed by atoms with Gasteiger partial charge in [0.2, 0.25) is 0 Å². The monoisotopic (exact) mass is 322 g/mol. The minimum atomic E-state index is 0.235. The fraction of sp³-hybridized carbons (Fsp3) is 0. The molecule has 2 aromatic heterocycles. The predicted octanol–water partition coefficient (Wildman–Crippen LogP) is 5.31. The third-order valence-corrected chi connectivity index (χ3v) is 4.60. The lowest BCUT2D eigenvalue weighted by atomic mass is 10.00.